The Kier molecular flexibility index (Phi) is 9.83. The van der Waals surface area contributed by atoms with E-state index >= 15 is 0 Å². The van der Waals surface area contributed by atoms with Gasteiger partial charge in [0.1, 0.15) is 18.1 Å². The first-order valence-electron chi connectivity index (χ1n) is 11.8. The molecule has 0 aliphatic rings. The molecule has 0 radical (unpaired) electrons. The summed E-state index contributed by atoms with van der Waals surface area (Å²) >= 11 is 0. The molecule has 35 heavy (non-hydrogen) atoms. The molecule has 0 fully saturated rings. The Labute approximate surface area is 205 Å². The van der Waals surface area contributed by atoms with Crippen molar-refractivity contribution in [3.8, 4) is 17.2 Å². The van der Waals surface area contributed by atoms with Crippen molar-refractivity contribution in [3.63, 3.8) is 0 Å². The zero-order chi connectivity index (χ0) is 25.0. The van der Waals surface area contributed by atoms with E-state index in [0.29, 0.717) is 41.8 Å². The lowest BCUT2D eigenvalue weighted by Gasteiger charge is -2.12. The first-order valence-corrected chi connectivity index (χ1v) is 11.8. The van der Waals surface area contributed by atoms with Crippen LogP contribution in [0.15, 0.2) is 60.8 Å². The van der Waals surface area contributed by atoms with Crippen LogP contribution in [0.25, 0.3) is 5.69 Å². The normalized spacial score (nSPS) is 11.2. The third kappa shape index (κ3) is 8.55. The van der Waals surface area contributed by atoms with E-state index in [1.54, 1.807) is 30.1 Å². The lowest BCUT2D eigenvalue weighted by atomic mass is 10.1. The minimum absolute atomic E-state index is 0.0429. The zero-order valence-corrected chi connectivity index (χ0v) is 20.5. The summed E-state index contributed by atoms with van der Waals surface area (Å²) in [5.74, 6) is 1.43. The summed E-state index contributed by atoms with van der Waals surface area (Å²) < 4.78 is 26.0. The molecule has 3 rings (SSSR count). The molecule has 7 nitrogen and oxygen atoms in total. The van der Waals surface area contributed by atoms with Gasteiger partial charge in [-0.15, -0.1) is 5.10 Å². The second kappa shape index (κ2) is 13.3. The van der Waals surface area contributed by atoms with Gasteiger partial charge in [0, 0.05) is 13.0 Å². The molecular weight excluding hydrogens is 447 g/mol. The molecular formula is C27H33FN4O3. The number of carbonyl (C=O) groups is 1. The molecule has 0 atom stereocenters. The van der Waals surface area contributed by atoms with E-state index in [4.69, 9.17) is 9.47 Å². The number of ether oxygens (including phenoxy) is 2. The smallest absolute Gasteiger partial charge is 0.220 e. The van der Waals surface area contributed by atoms with Crippen LogP contribution in [-0.2, 0) is 17.9 Å². The van der Waals surface area contributed by atoms with Crippen LogP contribution in [0.4, 0.5) is 4.39 Å². The van der Waals surface area contributed by atoms with Crippen molar-refractivity contribution in [1.82, 2.24) is 20.3 Å². The fourth-order valence-electron chi connectivity index (χ4n) is 3.38. The van der Waals surface area contributed by atoms with Crippen LogP contribution in [0.3, 0.4) is 0 Å². The summed E-state index contributed by atoms with van der Waals surface area (Å²) in [6.07, 6.45) is 9.51. The Morgan fingerprint density at radius 2 is 1.94 bits per heavy atom. The van der Waals surface area contributed by atoms with Crippen LogP contribution in [0, 0.1) is 11.7 Å². The SMILES string of the molecule is COc1cc(CNC(=O)CCCC/C=C/C(C)C)ccc1OCc1cn(-c2ccc(F)cc2)nn1. The van der Waals surface area contributed by atoms with Crippen molar-refractivity contribution < 1.29 is 18.7 Å². The Morgan fingerprint density at radius 1 is 1.14 bits per heavy atom. The number of halogens is 1. The van der Waals surface area contributed by atoms with Gasteiger partial charge in [-0.3, -0.25) is 4.79 Å². The van der Waals surface area contributed by atoms with E-state index < -0.39 is 0 Å². The first kappa shape index (κ1) is 25.9. The summed E-state index contributed by atoms with van der Waals surface area (Å²) in [5.41, 5.74) is 2.24. The number of unbranched alkanes of at least 4 members (excludes halogenated alkanes) is 2. The van der Waals surface area contributed by atoms with Crippen molar-refractivity contribution >= 4 is 5.91 Å². The average molecular weight is 481 g/mol. The first-order chi connectivity index (χ1) is 16.9. The minimum Gasteiger partial charge on any atom is -0.493 e. The molecule has 186 valence electrons. The molecule has 2 aromatic carbocycles. The van der Waals surface area contributed by atoms with E-state index in [2.05, 4.69) is 41.6 Å². The molecule has 0 saturated heterocycles. The molecule has 0 aliphatic heterocycles. The van der Waals surface area contributed by atoms with Crippen LogP contribution in [0.5, 0.6) is 11.5 Å². The predicted molar refractivity (Wildman–Crippen MR) is 133 cm³/mol. The quantitative estimate of drug-likeness (QED) is 0.262. The third-order valence-corrected chi connectivity index (χ3v) is 5.27. The van der Waals surface area contributed by atoms with Gasteiger partial charge in [0.2, 0.25) is 5.91 Å². The van der Waals surface area contributed by atoms with Crippen LogP contribution in [-0.4, -0.2) is 28.0 Å². The van der Waals surface area contributed by atoms with Crippen molar-refractivity contribution in [2.45, 2.75) is 52.7 Å². The number of carbonyl (C=O) groups excluding carboxylic acids is 1. The number of nitrogens with one attached hydrogen (secondary N) is 1. The molecule has 1 heterocycles. The number of rotatable bonds is 13. The van der Waals surface area contributed by atoms with Gasteiger partial charge in [-0.05, 0) is 67.1 Å². The second-order valence-corrected chi connectivity index (χ2v) is 8.60. The van der Waals surface area contributed by atoms with E-state index in [1.807, 2.05) is 18.2 Å². The number of aromatic nitrogens is 3. The molecule has 0 bridgehead atoms. The Morgan fingerprint density at radius 3 is 2.69 bits per heavy atom. The molecule has 0 spiro atoms. The predicted octanol–water partition coefficient (Wildman–Crippen LogP) is 5.38. The van der Waals surface area contributed by atoms with Crippen molar-refractivity contribution in [3.05, 3.63) is 77.9 Å². The summed E-state index contributed by atoms with van der Waals surface area (Å²) in [5, 5.41) is 11.1. The van der Waals surface area contributed by atoms with Gasteiger partial charge in [0.25, 0.3) is 0 Å². The van der Waals surface area contributed by atoms with E-state index in [0.717, 1.165) is 24.8 Å². The molecule has 8 heteroatoms. The fraction of sp³-hybridized carbons (Fsp3) is 0.370. The van der Waals surface area contributed by atoms with E-state index in [-0.39, 0.29) is 18.3 Å². The van der Waals surface area contributed by atoms with Gasteiger partial charge in [0.05, 0.1) is 19.0 Å². The highest BCUT2D eigenvalue weighted by atomic mass is 19.1. The third-order valence-electron chi connectivity index (χ3n) is 5.27. The van der Waals surface area contributed by atoms with E-state index in [1.165, 1.54) is 12.1 Å². The van der Waals surface area contributed by atoms with Gasteiger partial charge in [-0.1, -0.05) is 37.3 Å². The van der Waals surface area contributed by atoms with E-state index in [9.17, 15) is 9.18 Å². The topological polar surface area (TPSA) is 78.3 Å². The monoisotopic (exact) mass is 480 g/mol. The summed E-state index contributed by atoms with van der Waals surface area (Å²) in [6.45, 7) is 4.93. The van der Waals surface area contributed by atoms with Crippen LogP contribution >= 0.6 is 0 Å². The summed E-state index contributed by atoms with van der Waals surface area (Å²) in [4.78, 5) is 12.1. The second-order valence-electron chi connectivity index (χ2n) is 8.60. The fourth-order valence-corrected chi connectivity index (χ4v) is 3.38. The lowest BCUT2D eigenvalue weighted by molar-refractivity contribution is -0.121. The molecule has 1 aromatic heterocycles. The van der Waals surface area contributed by atoms with Gasteiger partial charge >= 0.3 is 0 Å². The number of allylic oxidation sites excluding steroid dienone is 2. The van der Waals surface area contributed by atoms with Crippen LogP contribution < -0.4 is 14.8 Å². The lowest BCUT2D eigenvalue weighted by Crippen LogP contribution is -2.22. The Hall–Kier alpha value is -3.68. The van der Waals surface area contributed by atoms with Gasteiger partial charge in [-0.2, -0.15) is 0 Å². The van der Waals surface area contributed by atoms with Crippen molar-refractivity contribution in [2.24, 2.45) is 5.92 Å². The van der Waals surface area contributed by atoms with Crippen molar-refractivity contribution in [2.75, 3.05) is 7.11 Å². The highest BCUT2D eigenvalue weighted by Crippen LogP contribution is 2.28. The molecule has 0 unspecified atom stereocenters. The van der Waals surface area contributed by atoms with Crippen molar-refractivity contribution in [1.29, 1.82) is 0 Å². The maximum Gasteiger partial charge on any atom is 0.220 e. The summed E-state index contributed by atoms with van der Waals surface area (Å²) in [7, 11) is 1.57. The Balaban J connectivity index is 1.46. The highest BCUT2D eigenvalue weighted by molar-refractivity contribution is 5.75. The number of amides is 1. The molecule has 0 aliphatic carbocycles. The van der Waals surface area contributed by atoms with Crippen LogP contribution in [0.2, 0.25) is 0 Å². The minimum atomic E-state index is -0.308. The standard InChI is InChI=1S/C27H33FN4O3/c1-20(2)8-6-4-5-7-9-27(33)29-17-21-10-15-25(26(16-21)34-3)35-19-23-18-32(31-30-23)24-13-11-22(28)12-14-24/h6,8,10-16,18,20H,4-5,7,9,17,19H2,1-3H3,(H,29,33)/b8-6+. The Bertz CT molecular complexity index is 1110. The number of methoxy groups -OCH3 is 1. The average Bonchev–Trinajstić information content (AvgIpc) is 3.33. The summed E-state index contributed by atoms with van der Waals surface area (Å²) in [6, 6.07) is 11.5. The molecule has 3 aromatic rings. The molecule has 1 N–H and O–H groups in total. The van der Waals surface area contributed by atoms with Gasteiger partial charge < -0.3 is 14.8 Å². The van der Waals surface area contributed by atoms with Crippen LogP contribution in [0.1, 0.15) is 50.8 Å². The number of benzene rings is 2. The number of nitrogens with zero attached hydrogens (tertiary/aromatic N) is 3. The number of hydrogen-bond donors (Lipinski definition) is 1. The highest BCUT2D eigenvalue weighted by Gasteiger charge is 2.10. The van der Waals surface area contributed by atoms with Gasteiger partial charge in [-0.25, -0.2) is 9.07 Å². The number of hydrogen-bond acceptors (Lipinski definition) is 5. The maximum atomic E-state index is 13.1. The molecule has 0 saturated carbocycles. The van der Waals surface area contributed by atoms with Gasteiger partial charge in [0.15, 0.2) is 11.5 Å². The molecule has 1 amide bonds. The largest absolute Gasteiger partial charge is 0.493 e. The maximum absolute atomic E-state index is 13.1. The zero-order valence-electron chi connectivity index (χ0n) is 20.5.